The van der Waals surface area contributed by atoms with Gasteiger partial charge in [-0.2, -0.15) is 0 Å². The maximum Gasteiger partial charge on any atom is 0.326 e. The molecule has 1 saturated heterocycles. The fraction of sp³-hybridized carbons (Fsp3) is 0.714. The molecule has 0 aromatic heterocycles. The Labute approximate surface area is 335 Å². The molecule has 9 atom stereocenters. The summed E-state index contributed by atoms with van der Waals surface area (Å²) >= 11 is 0. The molecular weight excluding hydrogens is 716 g/mol. The van der Waals surface area contributed by atoms with Gasteiger partial charge in [0.05, 0.1) is 37.1 Å². The average molecular weight is 789 g/mol. The van der Waals surface area contributed by atoms with E-state index in [4.69, 9.17) is 15.2 Å². The summed E-state index contributed by atoms with van der Waals surface area (Å²) in [6.45, 7) is 15.9. The molecule has 2 rings (SSSR count). The summed E-state index contributed by atoms with van der Waals surface area (Å²) in [6, 6.07) is 6.65. The smallest absolute Gasteiger partial charge is 0.326 e. The number of aliphatic hydroxyl groups excluding tert-OH is 1. The molecule has 3 amide bonds. The van der Waals surface area contributed by atoms with Crippen LogP contribution in [0.3, 0.4) is 0 Å². The number of carboxylic acid groups (broad SMARTS) is 1. The van der Waals surface area contributed by atoms with Crippen LogP contribution in [0, 0.1) is 11.8 Å². The van der Waals surface area contributed by atoms with E-state index < -0.39 is 54.4 Å². The molecule has 0 spiro atoms. The zero-order valence-electron chi connectivity index (χ0n) is 35.2. The SMILES string of the molecule is C=C(C)[C@@H](C(=O)NCC(O)N(CCCC)[C@@H]([C@@H](C)CC)[C@@H](CC(=O)N1CCC[C@H]1[C@H](OC)[C@@H](C)C(=O)N[C@@H](Cc1ccccc1)C(=O)O)OC)N(C)CCCN. The van der Waals surface area contributed by atoms with Gasteiger partial charge in [-0.15, -0.1) is 0 Å². The lowest BCUT2D eigenvalue weighted by Crippen LogP contribution is -2.58. The number of amides is 3. The molecule has 0 bridgehead atoms. The fourth-order valence-corrected chi connectivity index (χ4v) is 7.93. The van der Waals surface area contributed by atoms with Crippen molar-refractivity contribution in [2.75, 3.05) is 54.0 Å². The molecule has 1 fully saturated rings. The minimum atomic E-state index is -1.13. The lowest BCUT2D eigenvalue weighted by molar-refractivity contribution is -0.146. The van der Waals surface area contributed by atoms with Crippen molar-refractivity contribution in [3.63, 3.8) is 0 Å². The normalized spacial score (nSPS) is 18.8. The topological polar surface area (TPSA) is 187 Å². The lowest BCUT2D eigenvalue weighted by atomic mass is 9.89. The number of ether oxygens (including phenoxy) is 2. The number of methoxy groups -OCH3 is 2. The van der Waals surface area contributed by atoms with Gasteiger partial charge in [0, 0.05) is 46.3 Å². The summed E-state index contributed by atoms with van der Waals surface area (Å²) in [6.07, 6.45) is 2.34. The number of aliphatic hydroxyl groups is 1. The first-order chi connectivity index (χ1) is 26.7. The van der Waals surface area contributed by atoms with Gasteiger partial charge in [0.15, 0.2) is 0 Å². The van der Waals surface area contributed by atoms with E-state index in [1.54, 1.807) is 18.9 Å². The predicted molar refractivity (Wildman–Crippen MR) is 219 cm³/mol. The van der Waals surface area contributed by atoms with E-state index >= 15 is 0 Å². The third-order valence-corrected chi connectivity index (χ3v) is 11.2. The molecule has 6 N–H and O–H groups in total. The number of carbonyl (C=O) groups is 4. The number of unbranched alkanes of at least 4 members (excludes halogenated alkanes) is 1. The molecule has 1 unspecified atom stereocenters. The number of rotatable bonds is 27. The number of likely N-dealkylation sites (N-methyl/N-ethyl adjacent to an activating group) is 1. The van der Waals surface area contributed by atoms with Crippen LogP contribution in [0.4, 0.5) is 0 Å². The van der Waals surface area contributed by atoms with E-state index in [0.717, 1.165) is 37.7 Å². The number of likely N-dealkylation sites (tertiary alicyclic amines) is 1. The van der Waals surface area contributed by atoms with Crippen molar-refractivity contribution in [1.29, 1.82) is 0 Å². The number of aliphatic carboxylic acids is 1. The Hall–Kier alpha value is -3.40. The third-order valence-electron chi connectivity index (χ3n) is 11.2. The molecule has 1 heterocycles. The highest BCUT2D eigenvalue weighted by atomic mass is 16.5. The molecule has 14 nitrogen and oxygen atoms in total. The van der Waals surface area contributed by atoms with Gasteiger partial charge < -0.3 is 41.0 Å². The van der Waals surface area contributed by atoms with Crippen LogP contribution in [-0.4, -0.2) is 145 Å². The van der Waals surface area contributed by atoms with Gasteiger partial charge in [0.1, 0.15) is 18.3 Å². The number of carbonyl (C=O) groups excluding carboxylic acids is 3. The molecule has 1 aliphatic rings. The highest BCUT2D eigenvalue weighted by Crippen LogP contribution is 2.30. The second kappa shape index (κ2) is 25.1. The van der Waals surface area contributed by atoms with E-state index in [1.807, 2.05) is 54.1 Å². The first kappa shape index (κ1) is 48.7. The van der Waals surface area contributed by atoms with Gasteiger partial charge in [-0.3, -0.25) is 24.2 Å². The molecule has 0 aliphatic carbocycles. The number of nitrogens with two attached hydrogens (primary N) is 1. The van der Waals surface area contributed by atoms with Crippen molar-refractivity contribution in [1.82, 2.24) is 25.3 Å². The summed E-state index contributed by atoms with van der Waals surface area (Å²) in [4.78, 5) is 59.0. The molecule has 14 heteroatoms. The molecule has 1 aromatic carbocycles. The first-order valence-corrected chi connectivity index (χ1v) is 20.4. The van der Waals surface area contributed by atoms with E-state index in [2.05, 4.69) is 38.0 Å². The lowest BCUT2D eigenvalue weighted by Gasteiger charge is -2.43. The molecule has 0 radical (unpaired) electrons. The van der Waals surface area contributed by atoms with E-state index in [1.165, 1.54) is 7.11 Å². The summed E-state index contributed by atoms with van der Waals surface area (Å²) < 4.78 is 12.0. The Bertz CT molecular complexity index is 1370. The second-order valence-corrected chi connectivity index (χ2v) is 15.4. The number of nitrogens with one attached hydrogen (secondary N) is 2. The zero-order chi connectivity index (χ0) is 41.9. The molecule has 0 saturated carbocycles. The maximum atomic E-state index is 14.3. The zero-order valence-corrected chi connectivity index (χ0v) is 35.2. The van der Waals surface area contributed by atoms with Gasteiger partial charge >= 0.3 is 5.97 Å². The highest BCUT2D eigenvalue weighted by molar-refractivity contribution is 5.86. The van der Waals surface area contributed by atoms with E-state index in [-0.39, 0.29) is 43.2 Å². The van der Waals surface area contributed by atoms with Crippen LogP contribution in [-0.2, 0) is 35.1 Å². The quantitative estimate of drug-likeness (QED) is 0.0652. The number of nitrogens with zero attached hydrogens (tertiary/aromatic N) is 3. The van der Waals surface area contributed by atoms with Crippen LogP contribution < -0.4 is 16.4 Å². The van der Waals surface area contributed by atoms with Crippen LogP contribution in [0.1, 0.15) is 85.1 Å². The van der Waals surface area contributed by atoms with Crippen LogP contribution in [0.2, 0.25) is 0 Å². The molecule has 56 heavy (non-hydrogen) atoms. The van der Waals surface area contributed by atoms with Crippen LogP contribution >= 0.6 is 0 Å². The maximum absolute atomic E-state index is 14.3. The Morgan fingerprint density at radius 3 is 2.29 bits per heavy atom. The molecule has 1 aromatic rings. The van der Waals surface area contributed by atoms with Crippen molar-refractivity contribution in [3.05, 3.63) is 48.0 Å². The van der Waals surface area contributed by atoms with E-state index in [0.29, 0.717) is 38.2 Å². The second-order valence-electron chi connectivity index (χ2n) is 15.4. The van der Waals surface area contributed by atoms with E-state index in [9.17, 15) is 29.4 Å². The number of hydrogen-bond acceptors (Lipinski definition) is 10. The van der Waals surface area contributed by atoms with Crippen LogP contribution in [0.25, 0.3) is 0 Å². The Morgan fingerprint density at radius 1 is 1.05 bits per heavy atom. The van der Waals surface area contributed by atoms with Crippen LogP contribution in [0.5, 0.6) is 0 Å². The minimum absolute atomic E-state index is 0.0170. The van der Waals surface area contributed by atoms with Crippen molar-refractivity contribution in [2.24, 2.45) is 17.6 Å². The predicted octanol–water partition coefficient (Wildman–Crippen LogP) is 3.02. The van der Waals surface area contributed by atoms with Gasteiger partial charge in [0.25, 0.3) is 0 Å². The van der Waals surface area contributed by atoms with Gasteiger partial charge in [-0.25, -0.2) is 4.79 Å². The monoisotopic (exact) mass is 789 g/mol. The molecular formula is C42H72N6O8. The summed E-state index contributed by atoms with van der Waals surface area (Å²) in [5, 5.41) is 27.3. The minimum Gasteiger partial charge on any atom is -0.480 e. The Balaban J connectivity index is 2.27. The summed E-state index contributed by atoms with van der Waals surface area (Å²) in [5.74, 6) is -2.74. The van der Waals surface area contributed by atoms with Crippen molar-refractivity contribution < 1.29 is 38.9 Å². The fourth-order valence-electron chi connectivity index (χ4n) is 7.93. The summed E-state index contributed by atoms with van der Waals surface area (Å²) in [7, 11) is 4.94. The Morgan fingerprint density at radius 2 is 1.73 bits per heavy atom. The molecule has 318 valence electrons. The molecule has 1 aliphatic heterocycles. The standard InChI is InChI=1S/C42H72N6O8/c1-10-12-23-48(36(50)27-44-41(52)37(28(3)4)46(7)22-17-21-43)38(29(5)11-2)34(55-8)26-35(49)47-24-16-20-33(47)39(56-9)30(6)40(51)45-32(42(53)54)25-31-18-14-13-15-19-31/h13-15,18-19,29-30,32-34,36-39,50H,3,10-12,16-17,20-27,43H2,1-2,4-9H3,(H,44,52)(H,45,51)(H,53,54)/t29-,30+,32-,33-,34+,36?,37-,38-,39+/m0/s1. The number of carboxylic acids is 1. The third kappa shape index (κ3) is 14.2. The van der Waals surface area contributed by atoms with Gasteiger partial charge in [-0.1, -0.05) is 83.0 Å². The number of hydrogen-bond donors (Lipinski definition) is 5. The largest absolute Gasteiger partial charge is 0.480 e. The van der Waals surface area contributed by atoms with Crippen molar-refractivity contribution in [3.8, 4) is 0 Å². The number of benzene rings is 1. The van der Waals surface area contributed by atoms with Crippen molar-refractivity contribution >= 4 is 23.7 Å². The Kier molecular flexibility index (Phi) is 21.8. The van der Waals surface area contributed by atoms with Crippen LogP contribution in [0.15, 0.2) is 42.5 Å². The average Bonchev–Trinajstić information content (AvgIpc) is 3.66. The highest BCUT2D eigenvalue weighted by Gasteiger charge is 2.43. The van der Waals surface area contributed by atoms with Crippen molar-refractivity contribution in [2.45, 2.75) is 129 Å². The summed E-state index contributed by atoms with van der Waals surface area (Å²) in [5.41, 5.74) is 7.18. The van der Waals surface area contributed by atoms with Gasteiger partial charge in [0.2, 0.25) is 17.7 Å². The first-order valence-electron chi connectivity index (χ1n) is 20.4. The van der Waals surface area contributed by atoms with Gasteiger partial charge in [-0.05, 0) is 57.7 Å².